The molecule has 0 spiro atoms. The average molecular weight is 305 g/mol. The Labute approximate surface area is 134 Å². The maximum atomic E-state index is 12.6. The molecule has 5 unspecified atom stereocenters. The summed E-state index contributed by atoms with van der Waals surface area (Å²) in [5.74, 6) is 2.24. The van der Waals surface area contributed by atoms with Crippen LogP contribution in [0.3, 0.4) is 0 Å². The number of allylic oxidation sites excluding steroid dienone is 2. The summed E-state index contributed by atoms with van der Waals surface area (Å²) in [6.45, 7) is 4.29. The number of hydrogen-bond donors (Lipinski definition) is 1. The third-order valence-corrected chi connectivity index (χ3v) is 6.11. The van der Waals surface area contributed by atoms with E-state index in [1.807, 2.05) is 13.8 Å². The summed E-state index contributed by atoms with van der Waals surface area (Å²) < 4.78 is 5.54. The molecule has 0 amide bonds. The number of ether oxygens (including phenoxy) is 1. The van der Waals surface area contributed by atoms with Gasteiger partial charge in [0, 0.05) is 6.54 Å². The van der Waals surface area contributed by atoms with Crippen LogP contribution in [0, 0.1) is 29.6 Å². The highest BCUT2D eigenvalue weighted by Gasteiger charge is 2.51. The maximum Gasteiger partial charge on any atom is 0.310 e. The van der Waals surface area contributed by atoms with Crippen molar-refractivity contribution in [1.29, 1.82) is 0 Å². The molecule has 0 aromatic carbocycles. The molecule has 0 bridgehead atoms. The molecule has 0 aromatic heterocycles. The Morgan fingerprint density at radius 3 is 2.68 bits per heavy atom. The minimum atomic E-state index is -0.109. The van der Waals surface area contributed by atoms with E-state index in [4.69, 9.17) is 10.5 Å². The van der Waals surface area contributed by atoms with E-state index in [2.05, 4.69) is 6.08 Å². The van der Waals surface area contributed by atoms with Gasteiger partial charge >= 0.3 is 5.97 Å². The first-order chi connectivity index (χ1) is 10.6. The number of nitrogens with two attached hydrogens (primary N) is 1. The molecule has 0 aliphatic heterocycles. The molecule has 3 nitrogen and oxygen atoms in total. The minimum absolute atomic E-state index is 0.0496. The van der Waals surface area contributed by atoms with Crippen LogP contribution in [0.2, 0.25) is 0 Å². The minimum Gasteiger partial charge on any atom is -0.463 e. The summed E-state index contributed by atoms with van der Waals surface area (Å²) in [5, 5.41) is 0. The molecule has 3 aliphatic carbocycles. The molecule has 124 valence electrons. The first kappa shape index (κ1) is 16.0. The highest BCUT2D eigenvalue weighted by Crippen LogP contribution is 2.57. The fraction of sp³-hybridized carbons (Fsp3) is 0.842. The van der Waals surface area contributed by atoms with Crippen LogP contribution < -0.4 is 5.73 Å². The van der Waals surface area contributed by atoms with E-state index in [1.165, 1.54) is 44.9 Å². The van der Waals surface area contributed by atoms with E-state index >= 15 is 0 Å². The number of carbonyl (C=O) groups is 1. The average Bonchev–Trinajstić information content (AvgIpc) is 2.83. The molecule has 22 heavy (non-hydrogen) atoms. The molecule has 3 rings (SSSR count). The van der Waals surface area contributed by atoms with E-state index in [9.17, 15) is 4.79 Å². The Morgan fingerprint density at radius 1 is 1.23 bits per heavy atom. The summed E-state index contributed by atoms with van der Waals surface area (Å²) in [5.41, 5.74) is 7.73. The second-order valence-corrected chi connectivity index (χ2v) is 7.70. The molecule has 2 saturated carbocycles. The topological polar surface area (TPSA) is 52.3 Å². The molecular weight excluding hydrogens is 274 g/mol. The van der Waals surface area contributed by atoms with Gasteiger partial charge in [0.05, 0.1) is 12.0 Å². The lowest BCUT2D eigenvalue weighted by atomic mass is 9.72. The zero-order valence-corrected chi connectivity index (χ0v) is 14.1. The van der Waals surface area contributed by atoms with E-state index in [-0.39, 0.29) is 18.0 Å². The lowest BCUT2D eigenvalue weighted by molar-refractivity contribution is -0.155. The van der Waals surface area contributed by atoms with Crippen molar-refractivity contribution in [2.45, 2.75) is 64.9 Å². The predicted octanol–water partition coefficient (Wildman–Crippen LogP) is 3.68. The van der Waals surface area contributed by atoms with Gasteiger partial charge in [-0.15, -0.1) is 0 Å². The van der Waals surface area contributed by atoms with Crippen LogP contribution in [0.5, 0.6) is 0 Å². The van der Waals surface area contributed by atoms with Gasteiger partial charge in [0.1, 0.15) is 0 Å². The van der Waals surface area contributed by atoms with E-state index in [0.29, 0.717) is 24.3 Å². The standard InChI is InChI=1S/C19H31NO2/c1-12(2)22-19(21)17(11-20)18-15-9-5-3-7-13(15)14-8-4-6-10-16(14)18/h7,12,14-18H,3-6,8-11,20H2,1-2H3. The summed E-state index contributed by atoms with van der Waals surface area (Å²) in [6.07, 6.45) is 11.4. The first-order valence-electron chi connectivity index (χ1n) is 9.24. The lowest BCUT2D eigenvalue weighted by Gasteiger charge is -2.34. The fourth-order valence-electron chi connectivity index (χ4n) is 5.41. The Kier molecular flexibility index (Phi) is 4.91. The van der Waals surface area contributed by atoms with E-state index in [1.54, 1.807) is 5.57 Å². The zero-order valence-electron chi connectivity index (χ0n) is 14.1. The zero-order chi connectivity index (χ0) is 15.7. The number of esters is 1. The summed E-state index contributed by atoms with van der Waals surface area (Å²) >= 11 is 0. The molecule has 5 atom stereocenters. The smallest absolute Gasteiger partial charge is 0.310 e. The van der Waals surface area contributed by atoms with E-state index < -0.39 is 0 Å². The summed E-state index contributed by atoms with van der Waals surface area (Å²) in [4.78, 5) is 12.6. The van der Waals surface area contributed by atoms with E-state index in [0.717, 1.165) is 5.92 Å². The Bertz CT molecular complexity index is 443. The Balaban J connectivity index is 1.87. The largest absolute Gasteiger partial charge is 0.463 e. The van der Waals surface area contributed by atoms with Gasteiger partial charge in [0.2, 0.25) is 0 Å². The monoisotopic (exact) mass is 305 g/mol. The molecule has 0 heterocycles. The molecule has 0 radical (unpaired) electrons. The van der Waals surface area contributed by atoms with Gasteiger partial charge in [-0.25, -0.2) is 0 Å². The van der Waals surface area contributed by atoms with Crippen molar-refractivity contribution in [2.24, 2.45) is 35.3 Å². The Morgan fingerprint density at radius 2 is 1.95 bits per heavy atom. The van der Waals surface area contributed by atoms with Gasteiger partial charge in [-0.05, 0) is 69.6 Å². The molecule has 0 aromatic rings. The molecule has 0 saturated heterocycles. The summed E-state index contributed by atoms with van der Waals surface area (Å²) in [6, 6.07) is 0. The van der Waals surface area contributed by atoms with Gasteiger partial charge in [-0.1, -0.05) is 24.5 Å². The fourth-order valence-corrected chi connectivity index (χ4v) is 5.41. The highest BCUT2D eigenvalue weighted by atomic mass is 16.5. The van der Waals surface area contributed by atoms with Crippen molar-refractivity contribution in [2.75, 3.05) is 6.54 Å². The van der Waals surface area contributed by atoms with Gasteiger partial charge in [0.15, 0.2) is 0 Å². The molecule has 2 fully saturated rings. The van der Waals surface area contributed by atoms with Gasteiger partial charge < -0.3 is 10.5 Å². The predicted molar refractivity (Wildman–Crippen MR) is 88.1 cm³/mol. The van der Waals surface area contributed by atoms with Crippen LogP contribution in [0.4, 0.5) is 0 Å². The second-order valence-electron chi connectivity index (χ2n) is 7.70. The van der Waals surface area contributed by atoms with Crippen LogP contribution >= 0.6 is 0 Å². The summed E-state index contributed by atoms with van der Waals surface area (Å²) in [7, 11) is 0. The number of carbonyl (C=O) groups excluding carboxylic acids is 1. The Hall–Kier alpha value is -0.830. The van der Waals surface area contributed by atoms with Gasteiger partial charge in [-0.2, -0.15) is 0 Å². The van der Waals surface area contributed by atoms with Crippen molar-refractivity contribution in [3.8, 4) is 0 Å². The molecule has 3 aliphatic rings. The molecule has 2 N–H and O–H groups in total. The normalized spacial score (nSPS) is 35.5. The third kappa shape index (κ3) is 2.84. The van der Waals surface area contributed by atoms with Crippen molar-refractivity contribution in [3.05, 3.63) is 11.6 Å². The molecular formula is C19H31NO2. The SMILES string of the molecule is CC(C)OC(=O)C(CN)C1C2CCCC=C2C2CCCCC21. The highest BCUT2D eigenvalue weighted by molar-refractivity contribution is 5.73. The number of fused-ring (bicyclic) bond motifs is 3. The first-order valence-corrected chi connectivity index (χ1v) is 9.24. The maximum absolute atomic E-state index is 12.6. The quantitative estimate of drug-likeness (QED) is 0.637. The van der Waals surface area contributed by atoms with Crippen LogP contribution in [0.25, 0.3) is 0 Å². The van der Waals surface area contributed by atoms with Crippen molar-refractivity contribution < 1.29 is 9.53 Å². The number of hydrogen-bond acceptors (Lipinski definition) is 3. The van der Waals surface area contributed by atoms with Crippen LogP contribution in [0.1, 0.15) is 58.8 Å². The molecule has 3 heteroatoms. The van der Waals surface area contributed by atoms with Crippen LogP contribution in [-0.2, 0) is 9.53 Å². The number of rotatable bonds is 4. The van der Waals surface area contributed by atoms with Crippen molar-refractivity contribution in [1.82, 2.24) is 0 Å². The van der Waals surface area contributed by atoms with Crippen LogP contribution in [0.15, 0.2) is 11.6 Å². The van der Waals surface area contributed by atoms with Gasteiger partial charge in [0.25, 0.3) is 0 Å². The lowest BCUT2D eigenvalue weighted by Crippen LogP contribution is -2.39. The second kappa shape index (κ2) is 6.74. The van der Waals surface area contributed by atoms with Gasteiger partial charge in [-0.3, -0.25) is 4.79 Å². The van der Waals surface area contributed by atoms with Crippen LogP contribution in [-0.4, -0.2) is 18.6 Å². The third-order valence-electron chi connectivity index (χ3n) is 6.11. The van der Waals surface area contributed by atoms with Crippen molar-refractivity contribution in [3.63, 3.8) is 0 Å². The van der Waals surface area contributed by atoms with Crippen molar-refractivity contribution >= 4 is 5.97 Å².